The summed E-state index contributed by atoms with van der Waals surface area (Å²) >= 11 is 11.6. The molecule has 0 unspecified atom stereocenters. The van der Waals surface area contributed by atoms with Crippen molar-refractivity contribution >= 4 is 34.9 Å². The number of amides is 1. The van der Waals surface area contributed by atoms with Crippen molar-refractivity contribution < 1.29 is 4.79 Å². The lowest BCUT2D eigenvalue weighted by Gasteiger charge is -2.35. The van der Waals surface area contributed by atoms with Gasteiger partial charge in [0.25, 0.3) is 5.91 Å². The van der Waals surface area contributed by atoms with E-state index in [1.165, 1.54) is 12.5 Å². The van der Waals surface area contributed by atoms with Crippen LogP contribution in [-0.2, 0) is 0 Å². The molecule has 22 heavy (non-hydrogen) atoms. The molecule has 3 heterocycles. The molecule has 2 aromatic heterocycles. The van der Waals surface area contributed by atoms with Gasteiger partial charge in [-0.1, -0.05) is 23.2 Å². The van der Waals surface area contributed by atoms with Gasteiger partial charge in [-0.3, -0.25) is 4.79 Å². The molecule has 1 fully saturated rings. The first kappa shape index (κ1) is 15.0. The number of pyridine rings is 1. The highest BCUT2D eigenvalue weighted by molar-refractivity contribution is 6.29. The number of carbonyl (C=O) groups excluding carboxylic acids is 1. The van der Waals surface area contributed by atoms with Crippen molar-refractivity contribution in [2.24, 2.45) is 0 Å². The molecule has 8 heteroatoms. The molecular formula is C14H13Cl2N5O. The Kier molecular flexibility index (Phi) is 4.40. The van der Waals surface area contributed by atoms with Crippen molar-refractivity contribution in [1.29, 1.82) is 0 Å². The average molecular weight is 338 g/mol. The van der Waals surface area contributed by atoms with Gasteiger partial charge in [0.15, 0.2) is 0 Å². The largest absolute Gasteiger partial charge is 0.353 e. The fraction of sp³-hybridized carbons (Fsp3) is 0.286. The van der Waals surface area contributed by atoms with Gasteiger partial charge in [-0.2, -0.15) is 0 Å². The molecule has 0 aromatic carbocycles. The molecule has 0 saturated carbocycles. The average Bonchev–Trinajstić information content (AvgIpc) is 2.55. The van der Waals surface area contributed by atoms with E-state index in [2.05, 4.69) is 19.9 Å². The van der Waals surface area contributed by atoms with Gasteiger partial charge < -0.3 is 9.80 Å². The molecule has 1 aliphatic rings. The van der Waals surface area contributed by atoms with Crippen molar-refractivity contribution in [2.75, 3.05) is 31.1 Å². The summed E-state index contributed by atoms with van der Waals surface area (Å²) in [4.78, 5) is 28.3. The summed E-state index contributed by atoms with van der Waals surface area (Å²) in [5.41, 5.74) is 0.544. The van der Waals surface area contributed by atoms with Crippen LogP contribution >= 0.6 is 23.2 Å². The highest BCUT2D eigenvalue weighted by Crippen LogP contribution is 2.17. The topological polar surface area (TPSA) is 62.2 Å². The minimum atomic E-state index is -0.0375. The van der Waals surface area contributed by atoms with Crippen molar-refractivity contribution in [3.63, 3.8) is 0 Å². The lowest BCUT2D eigenvalue weighted by atomic mass is 10.2. The summed E-state index contributed by atoms with van der Waals surface area (Å²) in [5, 5.41) is 0.790. The fourth-order valence-corrected chi connectivity index (χ4v) is 2.57. The number of carbonyl (C=O) groups is 1. The second-order valence-electron chi connectivity index (χ2n) is 4.85. The number of nitrogens with zero attached hydrogens (tertiary/aromatic N) is 5. The van der Waals surface area contributed by atoms with Crippen LogP contribution in [0.5, 0.6) is 0 Å². The number of rotatable bonds is 2. The van der Waals surface area contributed by atoms with Gasteiger partial charge in [0.05, 0.1) is 5.56 Å². The Morgan fingerprint density at radius 1 is 1.00 bits per heavy atom. The molecule has 6 nitrogen and oxygen atoms in total. The summed E-state index contributed by atoms with van der Waals surface area (Å²) in [6.07, 6.45) is 2.94. The third-order valence-corrected chi connectivity index (χ3v) is 3.91. The van der Waals surface area contributed by atoms with Gasteiger partial charge in [0, 0.05) is 38.4 Å². The molecule has 2 aromatic rings. The van der Waals surface area contributed by atoms with Gasteiger partial charge in [0.1, 0.15) is 22.5 Å². The molecule has 1 saturated heterocycles. The van der Waals surface area contributed by atoms with E-state index in [-0.39, 0.29) is 5.91 Å². The summed E-state index contributed by atoms with van der Waals surface area (Å²) in [6.45, 7) is 2.62. The van der Waals surface area contributed by atoms with Gasteiger partial charge in [-0.05, 0) is 12.1 Å². The third kappa shape index (κ3) is 3.28. The normalized spacial score (nSPS) is 15.0. The number of aromatic nitrogens is 3. The molecule has 0 N–H and O–H groups in total. The summed E-state index contributed by atoms with van der Waals surface area (Å²) < 4.78 is 0. The number of hydrogen-bond donors (Lipinski definition) is 0. The van der Waals surface area contributed by atoms with Gasteiger partial charge in [0.2, 0.25) is 0 Å². The zero-order valence-corrected chi connectivity index (χ0v) is 13.1. The van der Waals surface area contributed by atoms with Gasteiger partial charge >= 0.3 is 0 Å². The first-order valence-electron chi connectivity index (χ1n) is 6.77. The smallest absolute Gasteiger partial charge is 0.255 e. The van der Waals surface area contributed by atoms with Crippen molar-refractivity contribution in [2.45, 2.75) is 0 Å². The van der Waals surface area contributed by atoms with Crippen LogP contribution in [0.15, 0.2) is 30.7 Å². The van der Waals surface area contributed by atoms with Crippen LogP contribution in [0.4, 0.5) is 5.82 Å². The van der Waals surface area contributed by atoms with E-state index in [4.69, 9.17) is 23.2 Å². The van der Waals surface area contributed by atoms with E-state index in [9.17, 15) is 4.79 Å². The van der Waals surface area contributed by atoms with Gasteiger partial charge in [-0.25, -0.2) is 15.0 Å². The molecule has 1 aliphatic heterocycles. The van der Waals surface area contributed by atoms with Crippen molar-refractivity contribution in [3.05, 3.63) is 46.6 Å². The van der Waals surface area contributed by atoms with Crippen molar-refractivity contribution in [3.8, 4) is 0 Å². The Labute approximate surface area is 137 Å². The van der Waals surface area contributed by atoms with Crippen LogP contribution in [0.25, 0.3) is 0 Å². The molecule has 114 valence electrons. The first-order chi connectivity index (χ1) is 10.6. The Balaban J connectivity index is 1.64. The molecule has 0 bridgehead atoms. The highest BCUT2D eigenvalue weighted by atomic mass is 35.5. The standard InChI is InChI=1S/C14H13Cl2N5O/c15-11-2-1-10(8-17-11)14(22)21-5-3-20(4-6-21)13-7-12(16)18-9-19-13/h1-2,7-9H,3-6H2. The SMILES string of the molecule is O=C(c1ccc(Cl)nc1)N1CCN(c2cc(Cl)ncn2)CC1. The van der Waals surface area contributed by atoms with Crippen LogP contribution in [0, 0.1) is 0 Å². The molecule has 0 radical (unpaired) electrons. The van der Waals surface area contributed by atoms with Crippen LogP contribution in [-0.4, -0.2) is 51.9 Å². The molecule has 1 amide bonds. The third-order valence-electron chi connectivity index (χ3n) is 3.48. The molecular weight excluding hydrogens is 325 g/mol. The van der Waals surface area contributed by atoms with Crippen molar-refractivity contribution in [1.82, 2.24) is 19.9 Å². The molecule has 0 aliphatic carbocycles. The highest BCUT2D eigenvalue weighted by Gasteiger charge is 2.23. The maximum Gasteiger partial charge on any atom is 0.255 e. The monoisotopic (exact) mass is 337 g/mol. The second kappa shape index (κ2) is 6.46. The Morgan fingerprint density at radius 3 is 2.41 bits per heavy atom. The minimum absolute atomic E-state index is 0.0375. The Hall–Kier alpha value is -1.92. The molecule has 0 spiro atoms. The number of anilines is 1. The molecule has 3 rings (SSSR count). The van der Waals surface area contributed by atoms with Crippen LogP contribution in [0.2, 0.25) is 10.3 Å². The second-order valence-corrected chi connectivity index (χ2v) is 5.62. The quantitative estimate of drug-likeness (QED) is 0.620. The van der Waals surface area contributed by atoms with Crippen LogP contribution in [0.1, 0.15) is 10.4 Å². The minimum Gasteiger partial charge on any atom is -0.353 e. The lowest BCUT2D eigenvalue weighted by Crippen LogP contribution is -2.49. The van der Waals surface area contributed by atoms with Gasteiger partial charge in [-0.15, -0.1) is 0 Å². The fourth-order valence-electron chi connectivity index (χ4n) is 2.32. The lowest BCUT2D eigenvalue weighted by molar-refractivity contribution is 0.0746. The maximum atomic E-state index is 12.4. The number of hydrogen-bond acceptors (Lipinski definition) is 5. The number of piperazine rings is 1. The Morgan fingerprint density at radius 2 is 1.77 bits per heavy atom. The van der Waals surface area contributed by atoms with Crippen LogP contribution in [0.3, 0.4) is 0 Å². The van der Waals surface area contributed by atoms with Crippen LogP contribution < -0.4 is 4.90 Å². The number of halogens is 2. The van der Waals surface area contributed by atoms with E-state index in [0.717, 1.165) is 5.82 Å². The maximum absolute atomic E-state index is 12.4. The molecule has 0 atom stereocenters. The van der Waals surface area contributed by atoms with E-state index in [1.54, 1.807) is 23.1 Å². The summed E-state index contributed by atoms with van der Waals surface area (Å²) in [6, 6.07) is 5.03. The van der Waals surface area contributed by atoms with E-state index in [0.29, 0.717) is 42.0 Å². The Bertz CT molecular complexity index is 671. The van der Waals surface area contributed by atoms with E-state index in [1.807, 2.05) is 0 Å². The predicted molar refractivity (Wildman–Crippen MR) is 84.4 cm³/mol. The zero-order valence-electron chi connectivity index (χ0n) is 11.6. The zero-order chi connectivity index (χ0) is 15.5. The summed E-state index contributed by atoms with van der Waals surface area (Å²) in [7, 11) is 0. The van der Waals surface area contributed by atoms with E-state index >= 15 is 0 Å². The first-order valence-corrected chi connectivity index (χ1v) is 7.52. The summed E-state index contributed by atoms with van der Waals surface area (Å²) in [5.74, 6) is 0.741. The predicted octanol–water partition coefficient (Wildman–Crippen LogP) is 2.14. The van der Waals surface area contributed by atoms with E-state index < -0.39 is 0 Å².